The first-order valence-corrected chi connectivity index (χ1v) is 6.31. The molecule has 0 radical (unpaired) electrons. The van der Waals surface area contributed by atoms with Gasteiger partial charge in [0, 0.05) is 24.7 Å². The third-order valence-electron chi connectivity index (χ3n) is 4.01. The summed E-state index contributed by atoms with van der Waals surface area (Å²) in [5.74, 6) is 1.02. The smallest absolute Gasteiger partial charge is 0.149 e. The summed E-state index contributed by atoms with van der Waals surface area (Å²) >= 11 is 0. The zero-order chi connectivity index (χ0) is 10.8. The maximum Gasteiger partial charge on any atom is 0.149 e. The highest BCUT2D eigenvalue weighted by Gasteiger charge is 2.33. The Morgan fingerprint density at radius 2 is 1.88 bits per heavy atom. The molecule has 1 saturated carbocycles. The number of hydrogen-bond acceptors (Lipinski definition) is 3. The Kier molecular flexibility index (Phi) is 2.46. The normalized spacial score (nSPS) is 22.8. The van der Waals surface area contributed by atoms with Crippen molar-refractivity contribution >= 4 is 11.5 Å². The van der Waals surface area contributed by atoms with E-state index in [0.717, 1.165) is 24.6 Å². The minimum atomic E-state index is 0.457. The molecule has 0 aromatic carbocycles. The summed E-state index contributed by atoms with van der Waals surface area (Å²) in [4.78, 5) is 4.38. The molecule has 3 nitrogen and oxygen atoms in total. The second-order valence-corrected chi connectivity index (χ2v) is 5.17. The Balaban J connectivity index is 1.81. The second-order valence-electron chi connectivity index (χ2n) is 5.17. The van der Waals surface area contributed by atoms with Crippen LogP contribution in [0, 0.1) is 5.41 Å². The molecule has 86 valence electrons. The number of fused-ring (bicyclic) bond motifs is 1. The highest BCUT2D eigenvalue weighted by molar-refractivity contribution is 5.65. The SMILES string of the molecule is c1cnc2c(c1)NCC1(CCCCC1)CN2. The van der Waals surface area contributed by atoms with Gasteiger partial charge in [0.2, 0.25) is 0 Å². The largest absolute Gasteiger partial charge is 0.381 e. The summed E-state index contributed by atoms with van der Waals surface area (Å²) in [6.45, 7) is 2.17. The number of pyridine rings is 1. The molecule has 3 rings (SSSR count). The van der Waals surface area contributed by atoms with E-state index in [-0.39, 0.29) is 0 Å². The molecule has 1 fully saturated rings. The molecule has 1 aromatic heterocycles. The molecule has 0 amide bonds. The molecule has 3 heteroatoms. The zero-order valence-electron chi connectivity index (χ0n) is 9.63. The molecule has 0 unspecified atom stereocenters. The first kappa shape index (κ1) is 9.94. The first-order chi connectivity index (χ1) is 7.88. The molecule has 1 aliphatic carbocycles. The van der Waals surface area contributed by atoms with Crippen molar-refractivity contribution in [2.75, 3.05) is 23.7 Å². The van der Waals surface area contributed by atoms with Crippen LogP contribution in [0.2, 0.25) is 0 Å². The Hall–Kier alpha value is -1.25. The van der Waals surface area contributed by atoms with Crippen molar-refractivity contribution in [3.05, 3.63) is 18.3 Å². The Morgan fingerprint density at radius 1 is 1.06 bits per heavy atom. The third-order valence-corrected chi connectivity index (χ3v) is 4.01. The fourth-order valence-electron chi connectivity index (χ4n) is 2.96. The molecule has 2 N–H and O–H groups in total. The second kappa shape index (κ2) is 3.96. The van der Waals surface area contributed by atoms with Crippen molar-refractivity contribution < 1.29 is 0 Å². The minimum Gasteiger partial charge on any atom is -0.381 e. The maximum atomic E-state index is 4.38. The summed E-state index contributed by atoms with van der Waals surface area (Å²) in [6, 6.07) is 4.10. The quantitative estimate of drug-likeness (QED) is 0.701. The van der Waals surface area contributed by atoms with E-state index in [1.54, 1.807) is 0 Å². The van der Waals surface area contributed by atoms with Crippen molar-refractivity contribution in [1.82, 2.24) is 4.98 Å². The molecule has 1 aromatic rings. The van der Waals surface area contributed by atoms with Crippen LogP contribution >= 0.6 is 0 Å². The Bertz CT molecular complexity index is 340. The number of nitrogens with one attached hydrogen (secondary N) is 2. The number of nitrogens with zero attached hydrogens (tertiary/aromatic N) is 1. The molecular weight excluding hydrogens is 198 g/mol. The lowest BCUT2D eigenvalue weighted by Gasteiger charge is -2.36. The minimum absolute atomic E-state index is 0.457. The highest BCUT2D eigenvalue weighted by atomic mass is 15.1. The molecule has 1 spiro atoms. The Labute approximate surface area is 96.7 Å². The van der Waals surface area contributed by atoms with Crippen LogP contribution in [0.4, 0.5) is 11.5 Å². The van der Waals surface area contributed by atoms with E-state index in [9.17, 15) is 0 Å². The van der Waals surface area contributed by atoms with Gasteiger partial charge in [0.1, 0.15) is 5.82 Å². The summed E-state index contributed by atoms with van der Waals surface area (Å²) in [5, 5.41) is 7.07. The van der Waals surface area contributed by atoms with Gasteiger partial charge in [-0.25, -0.2) is 4.98 Å². The molecule has 16 heavy (non-hydrogen) atoms. The van der Waals surface area contributed by atoms with Crippen LogP contribution < -0.4 is 10.6 Å². The molecule has 0 saturated heterocycles. The van der Waals surface area contributed by atoms with Gasteiger partial charge in [0.05, 0.1) is 5.69 Å². The van der Waals surface area contributed by atoms with Gasteiger partial charge in [-0.1, -0.05) is 19.3 Å². The standard InChI is InChI=1S/C13H19N3/c1-2-6-13(7-3-1)9-15-11-5-4-8-14-12(11)16-10-13/h4-5,8,15H,1-3,6-7,9-10H2,(H,14,16). The fourth-order valence-corrected chi connectivity index (χ4v) is 2.96. The van der Waals surface area contributed by atoms with E-state index in [1.807, 2.05) is 12.3 Å². The van der Waals surface area contributed by atoms with Gasteiger partial charge < -0.3 is 10.6 Å². The van der Waals surface area contributed by atoms with Crippen molar-refractivity contribution in [3.8, 4) is 0 Å². The number of aromatic nitrogens is 1. The average molecular weight is 217 g/mol. The lowest BCUT2D eigenvalue weighted by Crippen LogP contribution is -2.36. The summed E-state index contributed by atoms with van der Waals surface area (Å²) in [6.07, 6.45) is 8.72. The van der Waals surface area contributed by atoms with Crippen LogP contribution in [0.15, 0.2) is 18.3 Å². The molecule has 0 atom stereocenters. The average Bonchev–Trinajstić information content (AvgIpc) is 2.52. The lowest BCUT2D eigenvalue weighted by molar-refractivity contribution is 0.224. The highest BCUT2D eigenvalue weighted by Crippen LogP contribution is 2.39. The van der Waals surface area contributed by atoms with Gasteiger partial charge in [-0.05, 0) is 25.0 Å². The van der Waals surface area contributed by atoms with Crippen molar-refractivity contribution in [1.29, 1.82) is 0 Å². The van der Waals surface area contributed by atoms with Crippen LogP contribution in [-0.2, 0) is 0 Å². The van der Waals surface area contributed by atoms with E-state index in [1.165, 1.54) is 32.1 Å². The number of anilines is 2. The molecule has 0 bridgehead atoms. The van der Waals surface area contributed by atoms with Crippen LogP contribution in [0.5, 0.6) is 0 Å². The summed E-state index contributed by atoms with van der Waals surface area (Å²) < 4.78 is 0. The monoisotopic (exact) mass is 217 g/mol. The lowest BCUT2D eigenvalue weighted by atomic mass is 9.74. The molecule has 2 heterocycles. The summed E-state index contributed by atoms with van der Waals surface area (Å²) in [5.41, 5.74) is 1.61. The van der Waals surface area contributed by atoms with Gasteiger partial charge in [0.15, 0.2) is 0 Å². The summed E-state index contributed by atoms with van der Waals surface area (Å²) in [7, 11) is 0. The van der Waals surface area contributed by atoms with Crippen LogP contribution in [0.25, 0.3) is 0 Å². The van der Waals surface area contributed by atoms with E-state index in [0.29, 0.717) is 5.41 Å². The molecular formula is C13H19N3. The number of rotatable bonds is 0. The van der Waals surface area contributed by atoms with Gasteiger partial charge >= 0.3 is 0 Å². The predicted molar refractivity (Wildman–Crippen MR) is 66.7 cm³/mol. The van der Waals surface area contributed by atoms with Crippen LogP contribution in [-0.4, -0.2) is 18.1 Å². The predicted octanol–water partition coefficient (Wildman–Crippen LogP) is 2.87. The van der Waals surface area contributed by atoms with Crippen LogP contribution in [0.1, 0.15) is 32.1 Å². The van der Waals surface area contributed by atoms with Gasteiger partial charge in [0.25, 0.3) is 0 Å². The van der Waals surface area contributed by atoms with E-state index in [4.69, 9.17) is 0 Å². The van der Waals surface area contributed by atoms with E-state index in [2.05, 4.69) is 21.7 Å². The van der Waals surface area contributed by atoms with E-state index < -0.39 is 0 Å². The number of hydrogen-bond donors (Lipinski definition) is 2. The van der Waals surface area contributed by atoms with Crippen molar-refractivity contribution in [3.63, 3.8) is 0 Å². The third kappa shape index (κ3) is 1.75. The molecule has 2 aliphatic rings. The van der Waals surface area contributed by atoms with E-state index >= 15 is 0 Å². The van der Waals surface area contributed by atoms with Gasteiger partial charge in [-0.2, -0.15) is 0 Å². The topological polar surface area (TPSA) is 37.0 Å². The van der Waals surface area contributed by atoms with Gasteiger partial charge in [-0.3, -0.25) is 0 Å². The van der Waals surface area contributed by atoms with Gasteiger partial charge in [-0.15, -0.1) is 0 Å². The Morgan fingerprint density at radius 3 is 2.75 bits per heavy atom. The first-order valence-electron chi connectivity index (χ1n) is 6.31. The fraction of sp³-hybridized carbons (Fsp3) is 0.615. The van der Waals surface area contributed by atoms with Crippen LogP contribution in [0.3, 0.4) is 0 Å². The molecule has 1 aliphatic heterocycles. The maximum absolute atomic E-state index is 4.38. The van der Waals surface area contributed by atoms with Crippen molar-refractivity contribution in [2.24, 2.45) is 5.41 Å². The van der Waals surface area contributed by atoms with Crippen molar-refractivity contribution in [2.45, 2.75) is 32.1 Å². The zero-order valence-corrected chi connectivity index (χ0v) is 9.63.